The van der Waals surface area contributed by atoms with Crippen molar-refractivity contribution in [2.75, 3.05) is 32.8 Å². The summed E-state index contributed by atoms with van der Waals surface area (Å²) in [6.07, 6.45) is 37.4. The Bertz CT molecular complexity index is 557. The molecule has 0 aliphatic heterocycles. The molecule has 0 aromatic rings. The predicted octanol–water partition coefficient (Wildman–Crippen LogP) is 12.8. The summed E-state index contributed by atoms with van der Waals surface area (Å²) in [5.41, 5.74) is 0. The van der Waals surface area contributed by atoms with Crippen molar-refractivity contribution in [3.63, 3.8) is 0 Å². The SMILES string of the molecule is CCCCCCCCCCN(CCCCCCCCCC)CCCCCCCCOP(=O)(O)OCCCCCCCCC. The summed E-state index contributed by atoms with van der Waals surface area (Å²) in [5.74, 6) is 0. The van der Waals surface area contributed by atoms with Gasteiger partial charge in [0.05, 0.1) is 13.2 Å². The van der Waals surface area contributed by atoms with Crippen molar-refractivity contribution in [3.05, 3.63) is 0 Å². The van der Waals surface area contributed by atoms with Gasteiger partial charge in [0.2, 0.25) is 0 Å². The molecule has 0 radical (unpaired) electrons. The number of hydrogen-bond acceptors (Lipinski definition) is 4. The summed E-state index contributed by atoms with van der Waals surface area (Å²) in [5, 5.41) is 0. The van der Waals surface area contributed by atoms with E-state index in [0.717, 1.165) is 25.7 Å². The van der Waals surface area contributed by atoms with E-state index in [1.54, 1.807) is 0 Å². The van der Waals surface area contributed by atoms with Crippen LogP contribution in [0.4, 0.5) is 0 Å². The Labute approximate surface area is 270 Å². The van der Waals surface area contributed by atoms with Crippen molar-refractivity contribution < 1.29 is 18.5 Å². The molecule has 0 aromatic heterocycles. The van der Waals surface area contributed by atoms with E-state index in [-0.39, 0.29) is 0 Å². The summed E-state index contributed by atoms with van der Waals surface area (Å²) in [6.45, 7) is 11.3. The summed E-state index contributed by atoms with van der Waals surface area (Å²) < 4.78 is 22.4. The lowest BCUT2D eigenvalue weighted by atomic mass is 10.1. The number of hydrogen-bond donors (Lipinski definition) is 1. The molecule has 260 valence electrons. The van der Waals surface area contributed by atoms with Gasteiger partial charge < -0.3 is 9.79 Å². The van der Waals surface area contributed by atoms with Crippen molar-refractivity contribution in [1.82, 2.24) is 4.90 Å². The van der Waals surface area contributed by atoms with Gasteiger partial charge in [0.15, 0.2) is 0 Å². The Kier molecular flexibility index (Phi) is 35.0. The third-order valence-electron chi connectivity index (χ3n) is 8.78. The minimum Gasteiger partial charge on any atom is -0.303 e. The highest BCUT2D eigenvalue weighted by atomic mass is 31.2. The molecule has 0 heterocycles. The largest absolute Gasteiger partial charge is 0.472 e. The Balaban J connectivity index is 3.91. The van der Waals surface area contributed by atoms with Crippen molar-refractivity contribution >= 4 is 7.82 Å². The van der Waals surface area contributed by atoms with Gasteiger partial charge in [0.1, 0.15) is 0 Å². The van der Waals surface area contributed by atoms with Gasteiger partial charge in [-0.15, -0.1) is 0 Å². The fraction of sp³-hybridized carbons (Fsp3) is 1.00. The van der Waals surface area contributed by atoms with Crippen LogP contribution in [-0.4, -0.2) is 42.6 Å². The van der Waals surface area contributed by atoms with Crippen LogP contribution in [0.1, 0.15) is 207 Å². The average molecular weight is 632 g/mol. The number of unbranched alkanes of at least 4 members (excludes halogenated alkanes) is 25. The van der Waals surface area contributed by atoms with Gasteiger partial charge in [0, 0.05) is 0 Å². The van der Waals surface area contributed by atoms with Crippen molar-refractivity contribution in [3.8, 4) is 0 Å². The number of phosphoric ester groups is 1. The first kappa shape index (κ1) is 43.1. The molecule has 0 amide bonds. The van der Waals surface area contributed by atoms with Crippen molar-refractivity contribution in [1.29, 1.82) is 0 Å². The molecule has 0 aliphatic carbocycles. The molecule has 0 aromatic carbocycles. The van der Waals surface area contributed by atoms with Crippen LogP contribution >= 0.6 is 7.82 Å². The van der Waals surface area contributed by atoms with E-state index in [9.17, 15) is 9.46 Å². The third-order valence-corrected chi connectivity index (χ3v) is 9.80. The van der Waals surface area contributed by atoms with Gasteiger partial charge in [0.25, 0.3) is 0 Å². The second-order valence-corrected chi connectivity index (χ2v) is 14.6. The lowest BCUT2D eigenvalue weighted by Crippen LogP contribution is -2.27. The van der Waals surface area contributed by atoms with Crippen LogP contribution in [0, 0.1) is 0 Å². The van der Waals surface area contributed by atoms with E-state index in [2.05, 4.69) is 25.7 Å². The first-order valence-corrected chi connectivity index (χ1v) is 20.9. The van der Waals surface area contributed by atoms with E-state index in [1.807, 2.05) is 0 Å². The molecular formula is C37H78NO4P. The van der Waals surface area contributed by atoms with E-state index in [1.165, 1.54) is 180 Å². The van der Waals surface area contributed by atoms with Crippen LogP contribution in [0.25, 0.3) is 0 Å². The van der Waals surface area contributed by atoms with E-state index < -0.39 is 7.82 Å². The zero-order valence-electron chi connectivity index (χ0n) is 29.6. The predicted molar refractivity (Wildman–Crippen MR) is 189 cm³/mol. The molecule has 43 heavy (non-hydrogen) atoms. The molecule has 0 rings (SSSR count). The molecule has 1 unspecified atom stereocenters. The van der Waals surface area contributed by atoms with Crippen molar-refractivity contribution in [2.45, 2.75) is 207 Å². The van der Waals surface area contributed by atoms with Gasteiger partial charge in [-0.2, -0.15) is 0 Å². The fourth-order valence-corrected chi connectivity index (χ4v) is 6.67. The molecule has 1 N–H and O–H groups in total. The van der Waals surface area contributed by atoms with E-state index in [0.29, 0.717) is 13.2 Å². The maximum Gasteiger partial charge on any atom is 0.472 e. The van der Waals surface area contributed by atoms with Crippen LogP contribution in [-0.2, 0) is 13.6 Å². The molecule has 6 heteroatoms. The zero-order valence-corrected chi connectivity index (χ0v) is 30.5. The van der Waals surface area contributed by atoms with Crippen LogP contribution in [0.2, 0.25) is 0 Å². The summed E-state index contributed by atoms with van der Waals surface area (Å²) in [6, 6.07) is 0. The van der Waals surface area contributed by atoms with Gasteiger partial charge in [-0.3, -0.25) is 9.05 Å². The fourth-order valence-electron chi connectivity index (χ4n) is 5.87. The number of phosphoric acid groups is 1. The summed E-state index contributed by atoms with van der Waals surface area (Å²) in [4.78, 5) is 12.6. The number of rotatable bonds is 37. The number of nitrogens with zero attached hydrogens (tertiary/aromatic N) is 1. The molecule has 0 spiro atoms. The quantitative estimate of drug-likeness (QED) is 0.0546. The summed E-state index contributed by atoms with van der Waals surface area (Å²) >= 11 is 0. The highest BCUT2D eigenvalue weighted by Crippen LogP contribution is 2.43. The van der Waals surface area contributed by atoms with Gasteiger partial charge >= 0.3 is 7.82 Å². The normalized spacial score (nSPS) is 13.2. The molecular weight excluding hydrogens is 553 g/mol. The van der Waals surface area contributed by atoms with Crippen LogP contribution in [0.3, 0.4) is 0 Å². The molecule has 0 bridgehead atoms. The Morgan fingerprint density at radius 2 is 0.628 bits per heavy atom. The smallest absolute Gasteiger partial charge is 0.303 e. The van der Waals surface area contributed by atoms with E-state index >= 15 is 0 Å². The molecule has 0 aliphatic rings. The second-order valence-electron chi connectivity index (χ2n) is 13.2. The second kappa shape index (κ2) is 34.9. The van der Waals surface area contributed by atoms with Crippen LogP contribution in [0.5, 0.6) is 0 Å². The highest BCUT2D eigenvalue weighted by molar-refractivity contribution is 7.47. The first-order valence-electron chi connectivity index (χ1n) is 19.4. The Hall–Kier alpha value is 0.0700. The Morgan fingerprint density at radius 3 is 0.907 bits per heavy atom. The highest BCUT2D eigenvalue weighted by Gasteiger charge is 2.19. The van der Waals surface area contributed by atoms with Gasteiger partial charge in [-0.05, 0) is 51.7 Å². The molecule has 0 saturated carbocycles. The topological polar surface area (TPSA) is 59.0 Å². The molecule has 0 fully saturated rings. The minimum atomic E-state index is -3.88. The Morgan fingerprint density at radius 1 is 0.395 bits per heavy atom. The lowest BCUT2D eigenvalue weighted by molar-refractivity contribution is 0.145. The molecule has 0 saturated heterocycles. The third kappa shape index (κ3) is 34.8. The van der Waals surface area contributed by atoms with Crippen LogP contribution < -0.4 is 0 Å². The maximum absolute atomic E-state index is 12.1. The van der Waals surface area contributed by atoms with Crippen LogP contribution in [0.15, 0.2) is 0 Å². The van der Waals surface area contributed by atoms with Crippen molar-refractivity contribution in [2.24, 2.45) is 0 Å². The van der Waals surface area contributed by atoms with E-state index in [4.69, 9.17) is 9.05 Å². The minimum absolute atomic E-state index is 0.315. The standard InChI is InChI=1S/C37H78NO4P/c1-4-7-10-13-16-18-23-28-33-38(34-29-24-19-17-14-11-8-5-2)35-30-25-20-22-27-32-37-42-43(39,40)41-36-31-26-21-15-12-9-6-3/h4-37H2,1-3H3,(H,39,40). The van der Waals surface area contributed by atoms with Gasteiger partial charge in [-0.25, -0.2) is 4.57 Å². The zero-order chi connectivity index (χ0) is 31.5. The first-order chi connectivity index (χ1) is 21.1. The maximum atomic E-state index is 12.1. The summed E-state index contributed by atoms with van der Waals surface area (Å²) in [7, 11) is -3.88. The average Bonchev–Trinajstić information content (AvgIpc) is 2.99. The monoisotopic (exact) mass is 632 g/mol. The van der Waals surface area contributed by atoms with Gasteiger partial charge in [-0.1, -0.05) is 175 Å². The molecule has 5 nitrogen and oxygen atoms in total. The lowest BCUT2D eigenvalue weighted by Gasteiger charge is -2.22. The molecule has 1 atom stereocenters.